The maximum absolute atomic E-state index is 13.1. The minimum Gasteiger partial charge on any atom is -0.322 e. The summed E-state index contributed by atoms with van der Waals surface area (Å²) in [5.41, 5.74) is 3.37. The van der Waals surface area contributed by atoms with Gasteiger partial charge in [-0.1, -0.05) is 6.07 Å². The molecular formula is C15H14FNOS. The lowest BCUT2D eigenvalue weighted by Gasteiger charge is -2.08. The Hall–Kier alpha value is -1.81. The Morgan fingerprint density at radius 2 is 1.84 bits per heavy atom. The Labute approximate surface area is 117 Å². The molecule has 19 heavy (non-hydrogen) atoms. The molecule has 2 aromatic carbocycles. The van der Waals surface area contributed by atoms with Crippen LogP contribution in [0.4, 0.5) is 10.1 Å². The SMILES string of the molecule is Cc1ccc(NC(=O)c2ccc(F)c(S)c2)cc1C. The molecule has 0 fully saturated rings. The highest BCUT2D eigenvalue weighted by Crippen LogP contribution is 2.17. The van der Waals surface area contributed by atoms with E-state index in [1.165, 1.54) is 18.2 Å². The molecule has 0 aromatic heterocycles. The van der Waals surface area contributed by atoms with E-state index in [1.54, 1.807) is 0 Å². The third-order valence-electron chi connectivity index (χ3n) is 2.97. The van der Waals surface area contributed by atoms with Crippen LogP contribution >= 0.6 is 12.6 Å². The van der Waals surface area contributed by atoms with Crippen molar-refractivity contribution in [3.63, 3.8) is 0 Å². The summed E-state index contributed by atoms with van der Waals surface area (Å²) in [6.07, 6.45) is 0. The normalized spacial score (nSPS) is 10.3. The fourth-order valence-electron chi connectivity index (χ4n) is 1.68. The molecule has 2 nitrogen and oxygen atoms in total. The molecule has 0 saturated heterocycles. The first-order valence-electron chi connectivity index (χ1n) is 5.84. The molecule has 0 atom stereocenters. The molecule has 0 aliphatic rings. The lowest BCUT2D eigenvalue weighted by molar-refractivity contribution is 0.102. The van der Waals surface area contributed by atoms with Gasteiger partial charge in [-0.3, -0.25) is 4.79 Å². The monoisotopic (exact) mass is 275 g/mol. The van der Waals surface area contributed by atoms with E-state index in [4.69, 9.17) is 0 Å². The maximum Gasteiger partial charge on any atom is 0.255 e. The molecule has 98 valence electrons. The maximum atomic E-state index is 13.1. The van der Waals surface area contributed by atoms with Crippen LogP contribution in [0.1, 0.15) is 21.5 Å². The van der Waals surface area contributed by atoms with Crippen molar-refractivity contribution in [1.29, 1.82) is 0 Å². The Morgan fingerprint density at radius 1 is 1.11 bits per heavy atom. The van der Waals surface area contributed by atoms with Crippen molar-refractivity contribution in [3.05, 3.63) is 58.9 Å². The third-order valence-corrected chi connectivity index (χ3v) is 3.32. The number of nitrogens with one attached hydrogen (secondary N) is 1. The van der Waals surface area contributed by atoms with Crippen molar-refractivity contribution in [2.75, 3.05) is 5.32 Å². The van der Waals surface area contributed by atoms with Crippen LogP contribution in [-0.4, -0.2) is 5.91 Å². The number of anilines is 1. The van der Waals surface area contributed by atoms with Crippen LogP contribution in [0.25, 0.3) is 0 Å². The standard InChI is InChI=1S/C15H14FNOS/c1-9-3-5-12(7-10(9)2)17-15(18)11-4-6-13(16)14(19)8-11/h3-8,19H,1-2H3,(H,17,18). The van der Waals surface area contributed by atoms with Crippen molar-refractivity contribution in [1.82, 2.24) is 0 Å². The van der Waals surface area contributed by atoms with Crippen molar-refractivity contribution < 1.29 is 9.18 Å². The minimum absolute atomic E-state index is 0.160. The molecule has 1 N–H and O–H groups in total. The number of halogens is 1. The first-order chi connectivity index (χ1) is 8.97. The van der Waals surface area contributed by atoms with Crippen molar-refractivity contribution in [3.8, 4) is 0 Å². The number of thiol groups is 1. The lowest BCUT2D eigenvalue weighted by Crippen LogP contribution is -2.12. The van der Waals surface area contributed by atoms with Gasteiger partial charge in [0.2, 0.25) is 0 Å². The number of carbonyl (C=O) groups excluding carboxylic acids is 1. The predicted octanol–water partition coefficient (Wildman–Crippen LogP) is 3.98. The molecule has 0 heterocycles. The van der Waals surface area contributed by atoms with Gasteiger partial charge >= 0.3 is 0 Å². The van der Waals surface area contributed by atoms with E-state index in [1.807, 2.05) is 32.0 Å². The summed E-state index contributed by atoms with van der Waals surface area (Å²) in [7, 11) is 0. The van der Waals surface area contributed by atoms with Crippen LogP contribution in [-0.2, 0) is 0 Å². The van der Waals surface area contributed by atoms with Gasteiger partial charge in [-0.2, -0.15) is 0 Å². The molecule has 2 rings (SSSR count). The highest BCUT2D eigenvalue weighted by Gasteiger charge is 2.08. The van der Waals surface area contributed by atoms with Crippen LogP contribution < -0.4 is 5.32 Å². The molecular weight excluding hydrogens is 261 g/mol. The fraction of sp³-hybridized carbons (Fsp3) is 0.133. The highest BCUT2D eigenvalue weighted by molar-refractivity contribution is 7.80. The van der Waals surface area contributed by atoms with Crippen LogP contribution in [0.15, 0.2) is 41.3 Å². The van der Waals surface area contributed by atoms with E-state index in [-0.39, 0.29) is 10.8 Å². The zero-order valence-corrected chi connectivity index (χ0v) is 11.6. The van der Waals surface area contributed by atoms with E-state index < -0.39 is 5.82 Å². The molecule has 0 unspecified atom stereocenters. The van der Waals surface area contributed by atoms with E-state index in [9.17, 15) is 9.18 Å². The smallest absolute Gasteiger partial charge is 0.255 e. The number of aryl methyl sites for hydroxylation is 2. The molecule has 1 amide bonds. The van der Waals surface area contributed by atoms with Gasteiger partial charge in [-0.25, -0.2) is 4.39 Å². The van der Waals surface area contributed by atoms with Crippen molar-refractivity contribution in [2.24, 2.45) is 0 Å². The van der Waals surface area contributed by atoms with Gasteiger partial charge in [0, 0.05) is 16.1 Å². The van der Waals surface area contributed by atoms with Gasteiger partial charge in [-0.05, 0) is 55.3 Å². The largest absolute Gasteiger partial charge is 0.322 e. The topological polar surface area (TPSA) is 29.1 Å². The summed E-state index contributed by atoms with van der Waals surface area (Å²) >= 11 is 3.96. The first-order valence-corrected chi connectivity index (χ1v) is 6.29. The quantitative estimate of drug-likeness (QED) is 0.797. The average Bonchev–Trinajstić information content (AvgIpc) is 2.37. The Morgan fingerprint density at radius 3 is 2.47 bits per heavy atom. The number of carbonyl (C=O) groups is 1. The summed E-state index contributed by atoms with van der Waals surface area (Å²) < 4.78 is 13.1. The van der Waals surface area contributed by atoms with E-state index >= 15 is 0 Å². The average molecular weight is 275 g/mol. The summed E-state index contributed by atoms with van der Waals surface area (Å²) in [5.74, 6) is -0.718. The van der Waals surface area contributed by atoms with Gasteiger partial charge < -0.3 is 5.32 Å². The summed E-state index contributed by atoms with van der Waals surface area (Å²) in [5, 5.41) is 2.78. The van der Waals surface area contributed by atoms with Gasteiger partial charge in [0.15, 0.2) is 0 Å². The van der Waals surface area contributed by atoms with E-state index in [0.29, 0.717) is 5.56 Å². The molecule has 0 saturated carbocycles. The molecule has 0 aliphatic heterocycles. The summed E-state index contributed by atoms with van der Waals surface area (Å²) in [6.45, 7) is 3.99. The third kappa shape index (κ3) is 3.15. The van der Waals surface area contributed by atoms with Crippen LogP contribution in [0, 0.1) is 19.7 Å². The van der Waals surface area contributed by atoms with Crippen molar-refractivity contribution >= 4 is 24.2 Å². The molecule has 0 radical (unpaired) electrons. The Bertz CT molecular complexity index is 640. The summed E-state index contributed by atoms with van der Waals surface area (Å²) in [4.78, 5) is 12.2. The first kappa shape index (κ1) is 13.6. The predicted molar refractivity (Wildman–Crippen MR) is 77.5 cm³/mol. The number of amides is 1. The highest BCUT2D eigenvalue weighted by atomic mass is 32.1. The Kier molecular flexibility index (Phi) is 3.90. The molecule has 0 aliphatic carbocycles. The van der Waals surface area contributed by atoms with Crippen LogP contribution in [0.2, 0.25) is 0 Å². The number of benzene rings is 2. The summed E-state index contributed by atoms with van der Waals surface area (Å²) in [6, 6.07) is 9.77. The number of rotatable bonds is 2. The molecule has 2 aromatic rings. The second-order valence-corrected chi connectivity index (χ2v) is 4.90. The lowest BCUT2D eigenvalue weighted by atomic mass is 10.1. The second-order valence-electron chi connectivity index (χ2n) is 4.42. The Balaban J connectivity index is 2.20. The van der Waals surface area contributed by atoms with Gasteiger partial charge in [0.25, 0.3) is 5.91 Å². The van der Waals surface area contributed by atoms with Crippen LogP contribution in [0.3, 0.4) is 0 Å². The second kappa shape index (κ2) is 5.45. The van der Waals surface area contributed by atoms with Crippen LogP contribution in [0.5, 0.6) is 0 Å². The number of hydrogen-bond acceptors (Lipinski definition) is 2. The van der Waals surface area contributed by atoms with Gasteiger partial charge in [0.1, 0.15) is 5.82 Å². The van der Waals surface area contributed by atoms with E-state index in [2.05, 4.69) is 17.9 Å². The zero-order chi connectivity index (χ0) is 14.0. The molecule has 0 bridgehead atoms. The van der Waals surface area contributed by atoms with Gasteiger partial charge in [-0.15, -0.1) is 12.6 Å². The number of hydrogen-bond donors (Lipinski definition) is 2. The van der Waals surface area contributed by atoms with Gasteiger partial charge in [0.05, 0.1) is 0 Å². The minimum atomic E-state index is -0.439. The fourth-order valence-corrected chi connectivity index (χ4v) is 1.89. The molecule has 4 heteroatoms. The molecule has 0 spiro atoms. The van der Waals surface area contributed by atoms with Crippen molar-refractivity contribution in [2.45, 2.75) is 18.7 Å². The zero-order valence-electron chi connectivity index (χ0n) is 10.7. The van der Waals surface area contributed by atoms with E-state index in [0.717, 1.165) is 16.8 Å².